The molecule has 0 saturated heterocycles. The van der Waals surface area contributed by atoms with Gasteiger partial charge in [-0.25, -0.2) is 8.42 Å². The highest BCUT2D eigenvalue weighted by atomic mass is 79.9. The van der Waals surface area contributed by atoms with Gasteiger partial charge in [0.15, 0.2) is 0 Å². The Morgan fingerprint density at radius 3 is 2.10 bits per heavy atom. The predicted octanol–water partition coefficient (Wildman–Crippen LogP) is -0.354. The van der Waals surface area contributed by atoms with E-state index < -0.39 is 34.9 Å². The number of amides is 2. The van der Waals surface area contributed by atoms with E-state index in [1.54, 1.807) is 0 Å². The second kappa shape index (κ2) is 6.60. The van der Waals surface area contributed by atoms with Gasteiger partial charge in [-0.1, -0.05) is 11.6 Å². The van der Waals surface area contributed by atoms with Gasteiger partial charge in [0, 0.05) is 10.7 Å². The Bertz CT molecular complexity index is 679. The zero-order valence-corrected chi connectivity index (χ0v) is 13.7. The van der Waals surface area contributed by atoms with Crippen LogP contribution < -0.4 is 17.2 Å². The molecule has 11 heteroatoms. The highest BCUT2D eigenvalue weighted by Gasteiger charge is 2.30. The minimum absolute atomic E-state index is 0.0610. The minimum Gasteiger partial charge on any atom is -0.398 e. The number of sulfonamides is 1. The number of anilines is 1. The van der Waals surface area contributed by atoms with Gasteiger partial charge in [0.1, 0.15) is 0 Å². The van der Waals surface area contributed by atoms with Gasteiger partial charge in [0.2, 0.25) is 21.8 Å². The summed E-state index contributed by atoms with van der Waals surface area (Å²) in [6.45, 7) is -1.41. The summed E-state index contributed by atoms with van der Waals surface area (Å²) >= 11 is 8.81. The number of halogens is 2. The number of nitrogens with two attached hydrogens (primary N) is 3. The number of carbonyl (C=O) groups is 2. The zero-order valence-electron chi connectivity index (χ0n) is 10.5. The van der Waals surface area contributed by atoms with Crippen molar-refractivity contribution in [1.82, 2.24) is 4.31 Å². The van der Waals surface area contributed by atoms with Crippen LogP contribution in [0.15, 0.2) is 21.5 Å². The predicted molar refractivity (Wildman–Crippen MR) is 80.7 cm³/mol. The Hall–Kier alpha value is -1.36. The van der Waals surface area contributed by atoms with Gasteiger partial charge in [-0.15, -0.1) is 0 Å². The molecule has 1 aromatic carbocycles. The topological polar surface area (TPSA) is 150 Å². The van der Waals surface area contributed by atoms with Crippen molar-refractivity contribution in [2.75, 3.05) is 18.8 Å². The molecule has 0 unspecified atom stereocenters. The van der Waals surface area contributed by atoms with E-state index in [0.717, 1.165) is 6.07 Å². The van der Waals surface area contributed by atoms with Crippen molar-refractivity contribution in [3.8, 4) is 0 Å². The molecule has 1 rings (SSSR count). The lowest BCUT2D eigenvalue weighted by atomic mass is 10.3. The minimum atomic E-state index is -4.25. The largest absolute Gasteiger partial charge is 0.398 e. The van der Waals surface area contributed by atoms with E-state index >= 15 is 0 Å². The van der Waals surface area contributed by atoms with E-state index in [1.807, 2.05) is 0 Å². The molecule has 0 bridgehead atoms. The van der Waals surface area contributed by atoms with E-state index in [1.165, 1.54) is 6.07 Å². The first-order valence-corrected chi connectivity index (χ1v) is 7.98. The fraction of sp³-hybridized carbons (Fsp3) is 0.200. The van der Waals surface area contributed by atoms with Crippen LogP contribution in [0.1, 0.15) is 0 Å². The third kappa shape index (κ3) is 4.30. The SMILES string of the molecule is NC(=O)CN(CC(N)=O)S(=O)(=O)c1cc(Cl)cc(N)c1Br. The number of nitrogens with zero attached hydrogens (tertiary/aromatic N) is 1. The molecule has 0 spiro atoms. The molecule has 0 aliphatic carbocycles. The molecular formula is C10H12BrClN4O4S. The van der Waals surface area contributed by atoms with Crippen LogP contribution in [0, 0.1) is 0 Å². The summed E-state index contributed by atoms with van der Waals surface area (Å²) in [5, 5.41) is 0.0763. The maximum absolute atomic E-state index is 12.5. The van der Waals surface area contributed by atoms with Crippen LogP contribution in [-0.2, 0) is 19.6 Å². The molecule has 21 heavy (non-hydrogen) atoms. The number of hydrogen-bond acceptors (Lipinski definition) is 5. The van der Waals surface area contributed by atoms with Crippen LogP contribution in [0.4, 0.5) is 5.69 Å². The third-order valence-electron chi connectivity index (χ3n) is 2.31. The highest BCUT2D eigenvalue weighted by molar-refractivity contribution is 9.10. The molecule has 8 nitrogen and oxygen atoms in total. The van der Waals surface area contributed by atoms with Crippen molar-refractivity contribution >= 4 is 55.1 Å². The summed E-state index contributed by atoms with van der Waals surface area (Å²) < 4.78 is 25.6. The first kappa shape index (κ1) is 17.7. The van der Waals surface area contributed by atoms with Crippen LogP contribution in [0.25, 0.3) is 0 Å². The molecule has 0 radical (unpaired) electrons. The van der Waals surface area contributed by atoms with Gasteiger partial charge < -0.3 is 17.2 Å². The van der Waals surface area contributed by atoms with Crippen molar-refractivity contribution in [2.45, 2.75) is 4.90 Å². The standard InChI is InChI=1S/C10H12BrClN4O4S/c11-10-6(13)1-5(12)2-7(10)21(19,20)16(3-8(14)17)4-9(15)18/h1-2H,3-4,13H2,(H2,14,17)(H2,15,18). The Labute approximate surface area is 134 Å². The number of rotatable bonds is 6. The molecule has 116 valence electrons. The molecule has 0 aliphatic heterocycles. The van der Waals surface area contributed by atoms with Crippen LogP contribution in [0.2, 0.25) is 5.02 Å². The van der Waals surface area contributed by atoms with E-state index in [4.69, 9.17) is 28.8 Å². The lowest BCUT2D eigenvalue weighted by Gasteiger charge is -2.20. The Morgan fingerprint density at radius 2 is 1.67 bits per heavy atom. The van der Waals surface area contributed by atoms with Crippen LogP contribution in [-0.4, -0.2) is 37.6 Å². The van der Waals surface area contributed by atoms with Crippen molar-refractivity contribution in [3.05, 3.63) is 21.6 Å². The van der Waals surface area contributed by atoms with Gasteiger partial charge in [-0.2, -0.15) is 4.31 Å². The normalized spacial score (nSPS) is 11.6. The van der Waals surface area contributed by atoms with Gasteiger partial charge in [0.25, 0.3) is 0 Å². The van der Waals surface area contributed by atoms with E-state index in [0.29, 0.717) is 4.31 Å². The highest BCUT2D eigenvalue weighted by Crippen LogP contribution is 2.33. The molecule has 0 aliphatic rings. The summed E-state index contributed by atoms with van der Waals surface area (Å²) in [6.07, 6.45) is 0. The monoisotopic (exact) mass is 398 g/mol. The van der Waals surface area contributed by atoms with Gasteiger partial charge in [0.05, 0.1) is 22.5 Å². The average Bonchev–Trinajstić information content (AvgIpc) is 2.31. The van der Waals surface area contributed by atoms with Crippen molar-refractivity contribution < 1.29 is 18.0 Å². The van der Waals surface area contributed by atoms with Crippen LogP contribution >= 0.6 is 27.5 Å². The fourth-order valence-electron chi connectivity index (χ4n) is 1.48. The van der Waals surface area contributed by atoms with Crippen LogP contribution in [0.5, 0.6) is 0 Å². The lowest BCUT2D eigenvalue weighted by molar-refractivity contribution is -0.120. The summed E-state index contributed by atoms with van der Waals surface area (Å²) in [7, 11) is -4.25. The van der Waals surface area contributed by atoms with Gasteiger partial charge >= 0.3 is 0 Å². The van der Waals surface area contributed by atoms with Crippen LogP contribution in [0.3, 0.4) is 0 Å². The van der Waals surface area contributed by atoms with Crippen molar-refractivity contribution in [3.63, 3.8) is 0 Å². The fourth-order valence-corrected chi connectivity index (χ4v) is 4.11. The first-order chi connectivity index (χ1) is 9.55. The number of carbonyl (C=O) groups excluding carboxylic acids is 2. The number of nitrogen functional groups attached to an aromatic ring is 1. The summed E-state index contributed by atoms with van der Waals surface area (Å²) in [4.78, 5) is 21.7. The number of primary amides is 2. The number of hydrogen-bond donors (Lipinski definition) is 3. The van der Waals surface area contributed by atoms with Crippen molar-refractivity contribution in [1.29, 1.82) is 0 Å². The second-order valence-electron chi connectivity index (χ2n) is 4.01. The molecule has 2 amide bonds. The zero-order chi connectivity index (χ0) is 16.4. The molecular weight excluding hydrogens is 388 g/mol. The molecule has 0 fully saturated rings. The Morgan fingerprint density at radius 1 is 1.19 bits per heavy atom. The molecule has 0 saturated carbocycles. The lowest BCUT2D eigenvalue weighted by Crippen LogP contribution is -2.43. The molecule has 0 aromatic heterocycles. The summed E-state index contributed by atoms with van der Waals surface area (Å²) in [6, 6.07) is 2.48. The molecule has 0 heterocycles. The molecule has 1 aromatic rings. The second-order valence-corrected chi connectivity index (χ2v) is 7.15. The first-order valence-electron chi connectivity index (χ1n) is 5.37. The Kier molecular flexibility index (Phi) is 5.56. The molecule has 0 atom stereocenters. The van der Waals surface area contributed by atoms with E-state index in [9.17, 15) is 18.0 Å². The number of benzene rings is 1. The van der Waals surface area contributed by atoms with Gasteiger partial charge in [-0.3, -0.25) is 9.59 Å². The van der Waals surface area contributed by atoms with Gasteiger partial charge in [-0.05, 0) is 28.1 Å². The quantitative estimate of drug-likeness (QED) is 0.559. The van der Waals surface area contributed by atoms with Crippen molar-refractivity contribution in [2.24, 2.45) is 11.5 Å². The summed E-state index contributed by atoms with van der Waals surface area (Å²) in [5.41, 5.74) is 15.7. The smallest absolute Gasteiger partial charge is 0.245 e. The average molecular weight is 400 g/mol. The Balaban J connectivity index is 3.41. The maximum Gasteiger partial charge on any atom is 0.245 e. The van der Waals surface area contributed by atoms with E-state index in [2.05, 4.69) is 15.9 Å². The third-order valence-corrected chi connectivity index (χ3v) is 5.50. The molecule has 6 N–H and O–H groups in total. The maximum atomic E-state index is 12.5. The van der Waals surface area contributed by atoms with E-state index in [-0.39, 0.29) is 20.1 Å². The summed E-state index contributed by atoms with van der Waals surface area (Å²) in [5.74, 6) is -1.88.